The molecule has 1 unspecified atom stereocenters. The van der Waals surface area contributed by atoms with E-state index >= 15 is 0 Å². The van der Waals surface area contributed by atoms with Gasteiger partial charge in [0.15, 0.2) is 0 Å². The highest BCUT2D eigenvalue weighted by atomic mass is 16.6. The van der Waals surface area contributed by atoms with E-state index in [0.29, 0.717) is 0 Å². The molecule has 1 aromatic carbocycles. The summed E-state index contributed by atoms with van der Waals surface area (Å²) in [7, 11) is 3.51. The number of methoxy groups -OCH3 is 1. The molecule has 0 amide bonds. The Morgan fingerprint density at radius 3 is 2.63 bits per heavy atom. The number of benzene rings is 1. The Bertz CT molecular complexity index is 560. The van der Waals surface area contributed by atoms with Gasteiger partial charge in [-0.3, -0.25) is 0 Å². The lowest BCUT2D eigenvalue weighted by Gasteiger charge is -2.22. The second-order valence-corrected chi connectivity index (χ2v) is 4.89. The van der Waals surface area contributed by atoms with Gasteiger partial charge in [-0.1, -0.05) is 30.3 Å². The maximum Gasteiger partial charge on any atom is 0.104 e. The highest BCUT2D eigenvalue weighted by Crippen LogP contribution is 2.36. The summed E-state index contributed by atoms with van der Waals surface area (Å²) in [6.07, 6.45) is 3.48. The van der Waals surface area contributed by atoms with Gasteiger partial charge in [0.05, 0.1) is 17.5 Å². The molecule has 1 aliphatic rings. The molecule has 0 aliphatic heterocycles. The van der Waals surface area contributed by atoms with Crippen molar-refractivity contribution in [3.8, 4) is 11.3 Å². The third kappa shape index (κ3) is 2.04. The molecule has 3 nitrogen and oxygen atoms in total. The first-order chi connectivity index (χ1) is 9.35. The van der Waals surface area contributed by atoms with E-state index in [1.54, 1.807) is 14.2 Å². The molecule has 2 aromatic rings. The van der Waals surface area contributed by atoms with E-state index in [0.717, 1.165) is 25.0 Å². The second-order valence-electron chi connectivity index (χ2n) is 4.89. The summed E-state index contributed by atoms with van der Waals surface area (Å²) in [6.45, 7) is 0. The summed E-state index contributed by atoms with van der Waals surface area (Å²) >= 11 is 0. The maximum absolute atomic E-state index is 5.60. The van der Waals surface area contributed by atoms with Crippen molar-refractivity contribution in [3.63, 3.8) is 0 Å². The van der Waals surface area contributed by atoms with Crippen molar-refractivity contribution in [2.24, 2.45) is 0 Å². The van der Waals surface area contributed by atoms with Crippen LogP contribution in [0, 0.1) is 0 Å². The van der Waals surface area contributed by atoms with Crippen molar-refractivity contribution in [1.29, 1.82) is 0 Å². The zero-order chi connectivity index (χ0) is 13.2. The van der Waals surface area contributed by atoms with E-state index in [1.807, 2.05) is 10.8 Å². The van der Waals surface area contributed by atoms with E-state index < -0.39 is 0 Å². The van der Waals surface area contributed by atoms with Crippen molar-refractivity contribution in [2.45, 2.75) is 25.4 Å². The smallest absolute Gasteiger partial charge is 0.104 e. The monoisotopic (exact) mass is 257 g/mol. The first-order valence-electron chi connectivity index (χ1n) is 6.72. The number of aromatic nitrogens is 1. The van der Waals surface area contributed by atoms with Crippen LogP contribution >= 0.6 is 0 Å². The number of hydrogen-bond donors (Lipinski definition) is 0. The Kier molecular flexibility index (Phi) is 3.30. The fourth-order valence-electron chi connectivity index (χ4n) is 2.95. The third-order valence-corrected chi connectivity index (χ3v) is 3.85. The molecule has 100 valence electrons. The van der Waals surface area contributed by atoms with Gasteiger partial charge in [-0.2, -0.15) is 4.73 Å². The van der Waals surface area contributed by atoms with Gasteiger partial charge in [-0.25, -0.2) is 0 Å². The Hall–Kier alpha value is -1.74. The molecule has 3 rings (SSSR count). The molecule has 0 saturated heterocycles. The number of fused-ring (bicyclic) bond motifs is 1. The zero-order valence-corrected chi connectivity index (χ0v) is 11.4. The first kappa shape index (κ1) is 12.3. The largest absolute Gasteiger partial charge is 0.417 e. The summed E-state index contributed by atoms with van der Waals surface area (Å²) in [4.78, 5) is 5.59. The number of rotatable bonds is 3. The lowest BCUT2D eigenvalue weighted by atomic mass is 9.95. The lowest BCUT2D eigenvalue weighted by molar-refractivity contribution is 0.0829. The molecule has 0 bridgehead atoms. The molecule has 1 aliphatic carbocycles. The van der Waals surface area contributed by atoms with Crippen LogP contribution in [0.15, 0.2) is 36.4 Å². The van der Waals surface area contributed by atoms with Crippen LogP contribution in [-0.4, -0.2) is 19.0 Å². The molecule has 1 atom stereocenters. The molecule has 0 saturated carbocycles. The molecule has 1 aromatic heterocycles. The van der Waals surface area contributed by atoms with Crippen LogP contribution in [0.1, 0.15) is 30.2 Å². The van der Waals surface area contributed by atoms with E-state index in [-0.39, 0.29) is 6.10 Å². The van der Waals surface area contributed by atoms with Gasteiger partial charge in [0.25, 0.3) is 0 Å². The van der Waals surface area contributed by atoms with Crippen molar-refractivity contribution in [1.82, 2.24) is 4.73 Å². The molecule has 0 N–H and O–H groups in total. The van der Waals surface area contributed by atoms with Crippen LogP contribution in [0.2, 0.25) is 0 Å². The molecular formula is C16H19NO2. The molecule has 19 heavy (non-hydrogen) atoms. The van der Waals surface area contributed by atoms with Crippen LogP contribution in [0.3, 0.4) is 0 Å². The van der Waals surface area contributed by atoms with Gasteiger partial charge in [0, 0.05) is 18.2 Å². The molecule has 3 heteroatoms. The Morgan fingerprint density at radius 1 is 1.16 bits per heavy atom. The van der Waals surface area contributed by atoms with Gasteiger partial charge in [-0.15, -0.1) is 0 Å². The normalized spacial score (nSPS) is 18.1. The lowest BCUT2D eigenvalue weighted by Crippen LogP contribution is -2.16. The minimum Gasteiger partial charge on any atom is -0.417 e. The summed E-state index contributed by atoms with van der Waals surface area (Å²) in [5.74, 6) is 0. The minimum atomic E-state index is 0.197. The molecule has 1 heterocycles. The highest BCUT2D eigenvalue weighted by Gasteiger charge is 2.26. The fraction of sp³-hybridized carbons (Fsp3) is 0.375. The third-order valence-electron chi connectivity index (χ3n) is 3.85. The number of hydrogen-bond acceptors (Lipinski definition) is 2. The minimum absolute atomic E-state index is 0.197. The summed E-state index contributed by atoms with van der Waals surface area (Å²) in [5.41, 5.74) is 4.81. The van der Waals surface area contributed by atoms with Gasteiger partial charge in [0.2, 0.25) is 0 Å². The predicted molar refractivity (Wildman–Crippen MR) is 75.1 cm³/mol. The van der Waals surface area contributed by atoms with Crippen molar-refractivity contribution in [2.75, 3.05) is 14.2 Å². The van der Waals surface area contributed by atoms with Gasteiger partial charge in [-0.05, 0) is 25.3 Å². The second kappa shape index (κ2) is 5.10. The molecule has 0 fully saturated rings. The van der Waals surface area contributed by atoms with Crippen molar-refractivity contribution >= 4 is 0 Å². The van der Waals surface area contributed by atoms with Crippen LogP contribution < -0.4 is 4.84 Å². The van der Waals surface area contributed by atoms with Crippen LogP contribution in [0.5, 0.6) is 0 Å². The van der Waals surface area contributed by atoms with E-state index in [9.17, 15) is 0 Å². The topological polar surface area (TPSA) is 23.4 Å². The van der Waals surface area contributed by atoms with Crippen molar-refractivity contribution in [3.05, 3.63) is 47.7 Å². The zero-order valence-electron chi connectivity index (χ0n) is 11.4. The quantitative estimate of drug-likeness (QED) is 0.842. The van der Waals surface area contributed by atoms with Crippen LogP contribution in [0.4, 0.5) is 0 Å². The van der Waals surface area contributed by atoms with Crippen LogP contribution in [0.25, 0.3) is 11.3 Å². The number of ether oxygens (including phenoxy) is 1. The summed E-state index contributed by atoms with van der Waals surface area (Å²) < 4.78 is 7.55. The van der Waals surface area contributed by atoms with E-state index in [2.05, 4.69) is 30.3 Å². The standard InChI is InChI=1S/C16H19NO2/c1-18-16-10-6-9-14-13(16)11-15(17(14)19-2)12-7-4-3-5-8-12/h3-5,7-8,11,16H,6,9-10H2,1-2H3. The van der Waals surface area contributed by atoms with Crippen molar-refractivity contribution < 1.29 is 9.57 Å². The number of nitrogens with zero attached hydrogens (tertiary/aromatic N) is 1. The Labute approximate surface area is 113 Å². The molecule has 0 radical (unpaired) electrons. The Balaban J connectivity index is 2.14. The van der Waals surface area contributed by atoms with Gasteiger partial charge in [0.1, 0.15) is 7.11 Å². The molecular weight excluding hydrogens is 238 g/mol. The summed E-state index contributed by atoms with van der Waals surface area (Å²) in [5, 5.41) is 0. The predicted octanol–water partition coefficient (Wildman–Crippen LogP) is 3.24. The average molecular weight is 257 g/mol. The van der Waals surface area contributed by atoms with E-state index in [1.165, 1.54) is 16.8 Å². The average Bonchev–Trinajstić information content (AvgIpc) is 2.86. The van der Waals surface area contributed by atoms with Gasteiger partial charge < -0.3 is 9.57 Å². The van der Waals surface area contributed by atoms with E-state index in [4.69, 9.17) is 9.57 Å². The fourth-order valence-corrected chi connectivity index (χ4v) is 2.95. The first-order valence-corrected chi connectivity index (χ1v) is 6.72. The van der Waals surface area contributed by atoms with Crippen LogP contribution in [-0.2, 0) is 11.2 Å². The maximum atomic E-state index is 5.60. The Morgan fingerprint density at radius 2 is 1.95 bits per heavy atom. The molecule has 0 spiro atoms. The summed E-state index contributed by atoms with van der Waals surface area (Å²) in [6, 6.07) is 12.6. The highest BCUT2D eigenvalue weighted by molar-refractivity contribution is 5.62. The van der Waals surface area contributed by atoms with Gasteiger partial charge >= 0.3 is 0 Å². The SMILES string of the molecule is COC1CCCc2c1cc(-c1ccccc1)n2OC.